The first kappa shape index (κ1) is 11.0. The maximum Gasteiger partial charge on any atom is 0.126 e. The summed E-state index contributed by atoms with van der Waals surface area (Å²) in [6.07, 6.45) is 3.96. The average Bonchev–Trinajstić information content (AvgIpc) is 3.06. The summed E-state index contributed by atoms with van der Waals surface area (Å²) in [6, 6.07) is 6.67. The third kappa shape index (κ3) is 2.44. The molecule has 1 aromatic carbocycles. The van der Waals surface area contributed by atoms with Crippen molar-refractivity contribution in [2.45, 2.75) is 38.3 Å². The Morgan fingerprint density at radius 3 is 2.82 bits per heavy atom. The molecule has 2 nitrogen and oxygen atoms in total. The normalized spacial score (nSPS) is 25.2. The third-order valence-corrected chi connectivity index (χ3v) is 3.81. The van der Waals surface area contributed by atoms with Crippen LogP contribution >= 0.6 is 0 Å². The van der Waals surface area contributed by atoms with Crippen molar-refractivity contribution in [3.63, 3.8) is 0 Å². The van der Waals surface area contributed by atoms with Crippen LogP contribution in [0.15, 0.2) is 18.2 Å². The highest BCUT2D eigenvalue weighted by Crippen LogP contribution is 2.30. The molecule has 3 heteroatoms. The highest BCUT2D eigenvalue weighted by Gasteiger charge is 2.34. The Balaban J connectivity index is 1.61. The van der Waals surface area contributed by atoms with Crippen molar-refractivity contribution in [3.05, 3.63) is 29.6 Å². The number of hydrogen-bond donors (Lipinski definition) is 1. The SMILES string of the molecule is Cc1cc(NC2CCN(C3CC3)C2)ccc1F. The molecule has 3 rings (SSSR count). The number of halogens is 1. The Kier molecular flexibility index (Phi) is 2.79. The van der Waals surface area contributed by atoms with Gasteiger partial charge in [0.05, 0.1) is 0 Å². The highest BCUT2D eigenvalue weighted by molar-refractivity contribution is 5.47. The second-order valence-electron chi connectivity index (χ2n) is 5.32. The van der Waals surface area contributed by atoms with Crippen molar-refractivity contribution in [2.75, 3.05) is 18.4 Å². The van der Waals surface area contributed by atoms with E-state index in [1.54, 1.807) is 6.07 Å². The van der Waals surface area contributed by atoms with Gasteiger partial charge >= 0.3 is 0 Å². The van der Waals surface area contributed by atoms with Gasteiger partial charge in [-0.15, -0.1) is 0 Å². The summed E-state index contributed by atoms with van der Waals surface area (Å²) in [4.78, 5) is 2.58. The molecule has 17 heavy (non-hydrogen) atoms. The monoisotopic (exact) mass is 234 g/mol. The second kappa shape index (κ2) is 4.30. The van der Waals surface area contributed by atoms with Gasteiger partial charge in [-0.25, -0.2) is 4.39 Å². The predicted molar refractivity (Wildman–Crippen MR) is 67.8 cm³/mol. The lowest BCUT2D eigenvalue weighted by Crippen LogP contribution is -2.27. The van der Waals surface area contributed by atoms with Gasteiger partial charge in [-0.05, 0) is 49.9 Å². The number of hydrogen-bond acceptors (Lipinski definition) is 2. The second-order valence-corrected chi connectivity index (χ2v) is 5.32. The van der Waals surface area contributed by atoms with Crippen LogP contribution < -0.4 is 5.32 Å². The molecule has 1 aromatic rings. The number of aryl methyl sites for hydroxylation is 1. The third-order valence-electron chi connectivity index (χ3n) is 3.81. The first-order valence-corrected chi connectivity index (χ1v) is 6.49. The molecule has 0 amide bonds. The summed E-state index contributed by atoms with van der Waals surface area (Å²) >= 11 is 0. The molecule has 1 atom stereocenters. The summed E-state index contributed by atoms with van der Waals surface area (Å²) in [5.74, 6) is -0.124. The number of nitrogens with zero attached hydrogens (tertiary/aromatic N) is 1. The van der Waals surface area contributed by atoms with Crippen molar-refractivity contribution in [1.29, 1.82) is 0 Å². The van der Waals surface area contributed by atoms with Crippen molar-refractivity contribution in [2.24, 2.45) is 0 Å². The number of benzene rings is 1. The number of nitrogens with one attached hydrogen (secondary N) is 1. The molecule has 0 aromatic heterocycles. The minimum atomic E-state index is -0.124. The van der Waals surface area contributed by atoms with Gasteiger partial charge in [0, 0.05) is 30.9 Å². The van der Waals surface area contributed by atoms with Crippen LogP contribution in [0, 0.1) is 12.7 Å². The van der Waals surface area contributed by atoms with E-state index < -0.39 is 0 Å². The van der Waals surface area contributed by atoms with E-state index in [-0.39, 0.29) is 5.82 Å². The lowest BCUT2D eigenvalue weighted by molar-refractivity contribution is 0.326. The van der Waals surface area contributed by atoms with E-state index in [0.717, 1.165) is 18.3 Å². The number of likely N-dealkylation sites (tertiary alicyclic amines) is 1. The summed E-state index contributed by atoms with van der Waals surface area (Å²) in [6.45, 7) is 4.16. The zero-order valence-corrected chi connectivity index (χ0v) is 10.2. The quantitative estimate of drug-likeness (QED) is 0.865. The zero-order chi connectivity index (χ0) is 11.8. The van der Waals surface area contributed by atoms with Gasteiger partial charge in [-0.1, -0.05) is 0 Å². The van der Waals surface area contributed by atoms with Gasteiger partial charge < -0.3 is 5.32 Å². The summed E-state index contributed by atoms with van der Waals surface area (Å²) in [5.41, 5.74) is 1.76. The van der Waals surface area contributed by atoms with E-state index in [0.29, 0.717) is 11.6 Å². The molecule has 0 spiro atoms. The van der Waals surface area contributed by atoms with Gasteiger partial charge in [0.2, 0.25) is 0 Å². The molecule has 0 bridgehead atoms. The van der Waals surface area contributed by atoms with Crippen LogP contribution in [0.4, 0.5) is 10.1 Å². The lowest BCUT2D eigenvalue weighted by Gasteiger charge is -2.17. The van der Waals surface area contributed by atoms with E-state index in [9.17, 15) is 4.39 Å². The van der Waals surface area contributed by atoms with Crippen LogP contribution in [0.1, 0.15) is 24.8 Å². The molecule has 1 saturated heterocycles. The molecule has 1 aliphatic heterocycles. The Labute approximate surface area is 102 Å². The summed E-state index contributed by atoms with van der Waals surface area (Å²) < 4.78 is 13.2. The molecule has 92 valence electrons. The van der Waals surface area contributed by atoms with Crippen LogP contribution in [0.3, 0.4) is 0 Å². The van der Waals surface area contributed by atoms with Gasteiger partial charge in [0.25, 0.3) is 0 Å². The predicted octanol–water partition coefficient (Wildman–Crippen LogP) is 2.78. The van der Waals surface area contributed by atoms with E-state index in [2.05, 4.69) is 10.2 Å². The first-order chi connectivity index (χ1) is 8.22. The maximum absolute atomic E-state index is 13.2. The smallest absolute Gasteiger partial charge is 0.126 e. The van der Waals surface area contributed by atoms with Crippen LogP contribution in [0.25, 0.3) is 0 Å². The Bertz CT molecular complexity index is 415. The molecule has 0 radical (unpaired) electrons. The Morgan fingerprint density at radius 2 is 2.12 bits per heavy atom. The molecule has 1 saturated carbocycles. The van der Waals surface area contributed by atoms with Gasteiger partial charge in [-0.2, -0.15) is 0 Å². The minimum absolute atomic E-state index is 0.124. The summed E-state index contributed by atoms with van der Waals surface area (Å²) in [5, 5.41) is 3.51. The molecule has 1 aliphatic carbocycles. The fourth-order valence-corrected chi connectivity index (χ4v) is 2.65. The van der Waals surface area contributed by atoms with Crippen LogP contribution in [0.2, 0.25) is 0 Å². The number of anilines is 1. The first-order valence-electron chi connectivity index (χ1n) is 6.49. The highest BCUT2D eigenvalue weighted by atomic mass is 19.1. The molecule has 2 fully saturated rings. The maximum atomic E-state index is 13.2. The van der Waals surface area contributed by atoms with Crippen LogP contribution in [-0.2, 0) is 0 Å². The molecule has 2 aliphatic rings. The standard InChI is InChI=1S/C14H19FN2/c1-10-8-11(2-5-14(10)15)16-12-6-7-17(9-12)13-3-4-13/h2,5,8,12-13,16H,3-4,6-7,9H2,1H3. The molecular weight excluding hydrogens is 215 g/mol. The lowest BCUT2D eigenvalue weighted by atomic mass is 10.2. The molecule has 1 N–H and O–H groups in total. The van der Waals surface area contributed by atoms with Crippen molar-refractivity contribution in [1.82, 2.24) is 4.90 Å². The van der Waals surface area contributed by atoms with E-state index in [1.807, 2.05) is 19.1 Å². The molecule has 1 heterocycles. The van der Waals surface area contributed by atoms with Crippen molar-refractivity contribution >= 4 is 5.69 Å². The fraction of sp³-hybridized carbons (Fsp3) is 0.571. The van der Waals surface area contributed by atoms with Crippen molar-refractivity contribution in [3.8, 4) is 0 Å². The Hall–Kier alpha value is -1.09. The summed E-state index contributed by atoms with van der Waals surface area (Å²) in [7, 11) is 0. The van der Waals surface area contributed by atoms with Crippen LogP contribution in [-0.4, -0.2) is 30.1 Å². The van der Waals surface area contributed by atoms with E-state index in [4.69, 9.17) is 0 Å². The zero-order valence-electron chi connectivity index (χ0n) is 10.2. The van der Waals surface area contributed by atoms with Gasteiger partial charge in [0.1, 0.15) is 5.82 Å². The van der Waals surface area contributed by atoms with Crippen LogP contribution in [0.5, 0.6) is 0 Å². The number of rotatable bonds is 3. The average molecular weight is 234 g/mol. The van der Waals surface area contributed by atoms with Gasteiger partial charge in [-0.3, -0.25) is 4.90 Å². The fourth-order valence-electron chi connectivity index (χ4n) is 2.65. The van der Waals surface area contributed by atoms with E-state index >= 15 is 0 Å². The van der Waals surface area contributed by atoms with Gasteiger partial charge in [0.15, 0.2) is 0 Å². The topological polar surface area (TPSA) is 15.3 Å². The van der Waals surface area contributed by atoms with E-state index in [1.165, 1.54) is 25.8 Å². The van der Waals surface area contributed by atoms with Crippen molar-refractivity contribution < 1.29 is 4.39 Å². The minimum Gasteiger partial charge on any atom is -0.381 e. The Morgan fingerprint density at radius 1 is 1.29 bits per heavy atom. The molecular formula is C14H19FN2. The molecule has 1 unspecified atom stereocenters. The largest absolute Gasteiger partial charge is 0.381 e.